The maximum atomic E-state index is 11.8. The van der Waals surface area contributed by atoms with Gasteiger partial charge in [-0.2, -0.15) is 0 Å². The second-order valence-corrected chi connectivity index (χ2v) is 5.66. The molecule has 0 spiro atoms. The maximum absolute atomic E-state index is 11.8. The van der Waals surface area contributed by atoms with Crippen molar-refractivity contribution >= 4 is 34.2 Å². The third kappa shape index (κ3) is 4.00. The van der Waals surface area contributed by atoms with Gasteiger partial charge < -0.3 is 15.1 Å². The molecule has 2 rings (SSSR count). The average molecular weight is 338 g/mol. The molecule has 0 saturated carbocycles. The van der Waals surface area contributed by atoms with E-state index in [1.54, 1.807) is 12.1 Å². The minimum absolute atomic E-state index is 0. The van der Waals surface area contributed by atoms with Crippen LogP contribution in [0, 0.1) is 5.41 Å². The van der Waals surface area contributed by atoms with E-state index in [-0.39, 0.29) is 23.7 Å². The third-order valence-electron chi connectivity index (χ3n) is 3.16. The van der Waals surface area contributed by atoms with E-state index in [9.17, 15) is 4.79 Å². The Hall–Kier alpha value is -0.520. The van der Waals surface area contributed by atoms with Crippen molar-refractivity contribution in [1.29, 1.82) is 0 Å². The van der Waals surface area contributed by atoms with Crippen LogP contribution in [0.5, 0.6) is 0 Å². The third-order valence-corrected chi connectivity index (χ3v) is 3.58. The monoisotopic (exact) mass is 336 g/mol. The van der Waals surface area contributed by atoms with Gasteiger partial charge in [-0.25, -0.2) is 0 Å². The fourth-order valence-corrected chi connectivity index (χ4v) is 2.39. The van der Waals surface area contributed by atoms with Crippen LogP contribution in [-0.2, 0) is 0 Å². The number of hydrogen-bond donors (Lipinski definition) is 2. The van der Waals surface area contributed by atoms with Gasteiger partial charge in [0, 0.05) is 13.1 Å². The van der Waals surface area contributed by atoms with Crippen LogP contribution in [0.25, 0.3) is 0 Å². The van der Waals surface area contributed by atoms with Crippen LogP contribution in [0.3, 0.4) is 0 Å². The minimum atomic E-state index is -0.150. The second kappa shape index (κ2) is 6.59. The molecule has 1 saturated heterocycles. The lowest BCUT2D eigenvalue weighted by Crippen LogP contribution is -2.45. The van der Waals surface area contributed by atoms with Gasteiger partial charge in [-0.15, -0.1) is 12.4 Å². The average Bonchev–Trinajstić information content (AvgIpc) is 2.74. The van der Waals surface area contributed by atoms with Crippen molar-refractivity contribution in [2.75, 3.05) is 19.6 Å². The maximum Gasteiger partial charge on any atom is 0.287 e. The Balaban J connectivity index is 0.00000162. The minimum Gasteiger partial charge on any atom is -0.444 e. The summed E-state index contributed by atoms with van der Waals surface area (Å²) in [6, 6.07) is 3.39. The predicted octanol–water partition coefficient (Wildman–Crippen LogP) is 2.58. The Labute approximate surface area is 121 Å². The molecule has 0 aromatic carbocycles. The Bertz CT molecular complexity index is 403. The van der Waals surface area contributed by atoms with Crippen LogP contribution in [0.2, 0.25) is 0 Å². The number of carbonyl (C=O) groups excluding carboxylic acids is 1. The molecule has 1 amide bonds. The number of amides is 1. The molecule has 1 aliphatic rings. The van der Waals surface area contributed by atoms with Crippen molar-refractivity contribution in [3.8, 4) is 0 Å². The van der Waals surface area contributed by atoms with E-state index in [0.29, 0.717) is 17.0 Å². The molecule has 2 N–H and O–H groups in total. The first-order valence-corrected chi connectivity index (χ1v) is 6.63. The molecule has 1 aromatic heterocycles. The van der Waals surface area contributed by atoms with Gasteiger partial charge in [-0.3, -0.25) is 4.79 Å². The van der Waals surface area contributed by atoms with E-state index >= 15 is 0 Å². The standard InChI is InChI=1S/C12H17BrN2O2.ClH/c1-12(5-2-6-14-7-12)8-15-11(16)9-3-4-10(13)17-9;/h3-4,14H,2,5-8H2,1H3,(H,15,16);1H. The zero-order chi connectivity index (χ0) is 12.3. The van der Waals surface area contributed by atoms with E-state index in [1.165, 1.54) is 6.42 Å². The molecule has 0 aliphatic carbocycles. The van der Waals surface area contributed by atoms with Crippen LogP contribution in [0.1, 0.15) is 30.3 Å². The highest BCUT2D eigenvalue weighted by Crippen LogP contribution is 2.24. The van der Waals surface area contributed by atoms with Crippen molar-refractivity contribution in [2.24, 2.45) is 5.41 Å². The Kier molecular flexibility index (Phi) is 5.69. The first-order valence-electron chi connectivity index (χ1n) is 5.83. The summed E-state index contributed by atoms with van der Waals surface area (Å²) in [5.74, 6) is 0.201. The first-order chi connectivity index (χ1) is 8.09. The number of furan rings is 1. The van der Waals surface area contributed by atoms with Crippen LogP contribution < -0.4 is 10.6 Å². The van der Waals surface area contributed by atoms with Gasteiger partial charge in [-0.1, -0.05) is 6.92 Å². The molecule has 1 atom stereocenters. The number of rotatable bonds is 3. The highest BCUT2D eigenvalue weighted by molar-refractivity contribution is 9.10. The summed E-state index contributed by atoms with van der Waals surface area (Å²) in [6.45, 7) is 4.90. The summed E-state index contributed by atoms with van der Waals surface area (Å²) in [6.07, 6.45) is 2.31. The molecule has 1 unspecified atom stereocenters. The summed E-state index contributed by atoms with van der Waals surface area (Å²) in [5, 5.41) is 6.29. The topological polar surface area (TPSA) is 54.3 Å². The molecular weight excluding hydrogens is 320 g/mol. The van der Waals surface area contributed by atoms with Crippen molar-refractivity contribution in [3.63, 3.8) is 0 Å². The van der Waals surface area contributed by atoms with Crippen molar-refractivity contribution in [3.05, 3.63) is 22.6 Å². The summed E-state index contributed by atoms with van der Waals surface area (Å²) >= 11 is 3.18. The van der Waals surface area contributed by atoms with Gasteiger partial charge in [0.25, 0.3) is 5.91 Å². The van der Waals surface area contributed by atoms with Gasteiger partial charge in [0.2, 0.25) is 0 Å². The van der Waals surface area contributed by atoms with Gasteiger partial charge in [0.15, 0.2) is 10.4 Å². The number of piperidine rings is 1. The summed E-state index contributed by atoms with van der Waals surface area (Å²) in [7, 11) is 0. The number of carbonyl (C=O) groups is 1. The normalized spacial score (nSPS) is 23.2. The van der Waals surface area contributed by atoms with Gasteiger partial charge in [-0.05, 0) is 52.9 Å². The van der Waals surface area contributed by atoms with E-state index in [2.05, 4.69) is 33.5 Å². The summed E-state index contributed by atoms with van der Waals surface area (Å²) in [5.41, 5.74) is 0.151. The van der Waals surface area contributed by atoms with Crippen LogP contribution >= 0.6 is 28.3 Å². The molecule has 4 nitrogen and oxygen atoms in total. The van der Waals surface area contributed by atoms with E-state index < -0.39 is 0 Å². The molecule has 1 aromatic rings. The van der Waals surface area contributed by atoms with Gasteiger partial charge in [0.05, 0.1) is 0 Å². The Morgan fingerprint density at radius 1 is 1.61 bits per heavy atom. The fraction of sp³-hybridized carbons (Fsp3) is 0.583. The highest BCUT2D eigenvalue weighted by atomic mass is 79.9. The second-order valence-electron chi connectivity index (χ2n) is 4.88. The molecule has 0 bridgehead atoms. The molecule has 102 valence electrons. The molecule has 1 fully saturated rings. The molecule has 1 aliphatic heterocycles. The molecular formula is C12H18BrClN2O2. The molecule has 18 heavy (non-hydrogen) atoms. The van der Waals surface area contributed by atoms with Crippen LogP contribution in [0.15, 0.2) is 21.2 Å². The number of halogens is 2. The lowest BCUT2D eigenvalue weighted by atomic mass is 9.83. The Morgan fingerprint density at radius 3 is 2.94 bits per heavy atom. The highest BCUT2D eigenvalue weighted by Gasteiger charge is 2.27. The van der Waals surface area contributed by atoms with E-state index in [1.807, 2.05) is 0 Å². The van der Waals surface area contributed by atoms with Gasteiger partial charge >= 0.3 is 0 Å². The zero-order valence-electron chi connectivity index (χ0n) is 10.3. The van der Waals surface area contributed by atoms with E-state index in [0.717, 1.165) is 19.5 Å². The quantitative estimate of drug-likeness (QED) is 0.891. The van der Waals surface area contributed by atoms with Crippen molar-refractivity contribution < 1.29 is 9.21 Å². The SMILES string of the molecule is CC1(CNC(=O)c2ccc(Br)o2)CCCNC1.Cl. The van der Waals surface area contributed by atoms with Crippen molar-refractivity contribution in [2.45, 2.75) is 19.8 Å². The smallest absolute Gasteiger partial charge is 0.287 e. The predicted molar refractivity (Wildman–Crippen MR) is 76.2 cm³/mol. The van der Waals surface area contributed by atoms with E-state index in [4.69, 9.17) is 4.42 Å². The first kappa shape index (κ1) is 15.5. The van der Waals surface area contributed by atoms with Crippen LogP contribution in [0.4, 0.5) is 0 Å². The number of hydrogen-bond acceptors (Lipinski definition) is 3. The summed E-state index contributed by atoms with van der Waals surface area (Å²) in [4.78, 5) is 11.8. The van der Waals surface area contributed by atoms with Gasteiger partial charge in [0.1, 0.15) is 0 Å². The lowest BCUT2D eigenvalue weighted by Gasteiger charge is -2.34. The Morgan fingerprint density at radius 2 is 2.39 bits per heavy atom. The lowest BCUT2D eigenvalue weighted by molar-refractivity contribution is 0.0895. The summed E-state index contributed by atoms with van der Waals surface area (Å²) < 4.78 is 5.78. The molecule has 0 radical (unpaired) electrons. The van der Waals surface area contributed by atoms with Crippen molar-refractivity contribution in [1.82, 2.24) is 10.6 Å². The zero-order valence-corrected chi connectivity index (χ0v) is 12.7. The molecule has 6 heteroatoms. The largest absolute Gasteiger partial charge is 0.444 e. The fourth-order valence-electron chi connectivity index (χ4n) is 2.09. The van der Waals surface area contributed by atoms with Crippen LogP contribution in [-0.4, -0.2) is 25.5 Å². The number of nitrogens with one attached hydrogen (secondary N) is 2. The molecule has 2 heterocycles.